The molecule has 1 aromatic rings. The third-order valence-electron chi connectivity index (χ3n) is 4.09. The summed E-state index contributed by atoms with van der Waals surface area (Å²) in [6, 6.07) is 0. The molecule has 0 bridgehead atoms. The number of rotatable bonds is 6. The van der Waals surface area contributed by atoms with E-state index in [0.29, 0.717) is 18.2 Å². The zero-order valence-electron chi connectivity index (χ0n) is 12.3. The summed E-state index contributed by atoms with van der Waals surface area (Å²) >= 11 is 0. The molecule has 3 N–H and O–H groups in total. The van der Waals surface area contributed by atoms with Gasteiger partial charge in [0.15, 0.2) is 0 Å². The van der Waals surface area contributed by atoms with E-state index in [4.69, 9.17) is 0 Å². The quantitative estimate of drug-likeness (QED) is 0.540. The van der Waals surface area contributed by atoms with Crippen LogP contribution in [0.15, 0.2) is 0 Å². The molecule has 1 heterocycles. The van der Waals surface area contributed by atoms with E-state index in [2.05, 4.69) is 20.6 Å². The Morgan fingerprint density at radius 1 is 1.38 bits per heavy atom. The molecular weight excluding hydrogens is 274 g/mol. The fraction of sp³-hybridized carbons (Fsp3) is 0.692. The second-order valence-electron chi connectivity index (χ2n) is 5.56. The highest BCUT2D eigenvalue weighted by molar-refractivity contribution is 5.60. The van der Waals surface area contributed by atoms with Gasteiger partial charge < -0.3 is 15.7 Å². The summed E-state index contributed by atoms with van der Waals surface area (Å²) < 4.78 is 0. The van der Waals surface area contributed by atoms with Crippen molar-refractivity contribution < 1.29 is 10.0 Å². The number of anilines is 2. The number of aryl methyl sites for hydroxylation is 1. The van der Waals surface area contributed by atoms with E-state index in [0.717, 1.165) is 25.7 Å². The van der Waals surface area contributed by atoms with E-state index < -0.39 is 4.92 Å². The number of hydrogen-bond acceptors (Lipinski definition) is 7. The zero-order chi connectivity index (χ0) is 15.5. The molecule has 0 spiro atoms. The lowest BCUT2D eigenvalue weighted by atomic mass is 9.87. The normalized spacial score (nSPS) is 16.7. The first kappa shape index (κ1) is 15.4. The minimum Gasteiger partial charge on any atom is -0.396 e. The van der Waals surface area contributed by atoms with Crippen molar-refractivity contribution in [2.45, 2.75) is 32.6 Å². The molecule has 1 saturated carbocycles. The Hall–Kier alpha value is -1.96. The van der Waals surface area contributed by atoms with Crippen molar-refractivity contribution in [1.29, 1.82) is 0 Å². The van der Waals surface area contributed by atoms with Crippen molar-refractivity contribution in [3.05, 3.63) is 15.8 Å². The fourth-order valence-corrected chi connectivity index (χ4v) is 2.81. The van der Waals surface area contributed by atoms with Gasteiger partial charge in [-0.05, 0) is 19.8 Å². The molecule has 8 nitrogen and oxygen atoms in total. The van der Waals surface area contributed by atoms with Gasteiger partial charge in [-0.25, -0.2) is 4.98 Å². The summed E-state index contributed by atoms with van der Waals surface area (Å²) in [6.07, 6.45) is 4.00. The maximum absolute atomic E-state index is 11.2. The summed E-state index contributed by atoms with van der Waals surface area (Å²) in [5, 5.41) is 26.7. The van der Waals surface area contributed by atoms with Crippen LogP contribution in [0.25, 0.3) is 0 Å². The SMILES string of the molecule is CNc1nc(C)c([N+](=O)[O-])c(NCC2(CO)CCCC2)n1. The summed E-state index contributed by atoms with van der Waals surface area (Å²) in [5.41, 5.74) is -0.00148. The molecular formula is C13H21N5O3. The zero-order valence-corrected chi connectivity index (χ0v) is 12.3. The number of nitro groups is 1. The van der Waals surface area contributed by atoms with Crippen LogP contribution in [-0.2, 0) is 0 Å². The molecule has 0 aromatic carbocycles. The van der Waals surface area contributed by atoms with Crippen molar-refractivity contribution >= 4 is 17.5 Å². The van der Waals surface area contributed by atoms with Crippen LogP contribution >= 0.6 is 0 Å². The van der Waals surface area contributed by atoms with E-state index >= 15 is 0 Å². The Morgan fingerprint density at radius 3 is 2.57 bits per heavy atom. The standard InChI is InChI=1S/C13H21N5O3/c1-9-10(18(20)21)11(17-12(14-2)16-9)15-7-13(8-19)5-3-4-6-13/h19H,3-8H2,1-2H3,(H2,14,15,16,17). The van der Waals surface area contributed by atoms with Gasteiger partial charge in [0.25, 0.3) is 0 Å². The number of aliphatic hydroxyl groups excluding tert-OH is 1. The Bertz CT molecular complexity index is 529. The summed E-state index contributed by atoms with van der Waals surface area (Å²) in [4.78, 5) is 18.9. The van der Waals surface area contributed by atoms with Crippen molar-refractivity contribution in [1.82, 2.24) is 9.97 Å². The average Bonchev–Trinajstić information content (AvgIpc) is 2.93. The number of hydrogen-bond donors (Lipinski definition) is 3. The van der Waals surface area contributed by atoms with Crippen LogP contribution < -0.4 is 10.6 Å². The highest BCUT2D eigenvalue weighted by Crippen LogP contribution is 2.38. The van der Waals surface area contributed by atoms with Crippen LogP contribution in [0.5, 0.6) is 0 Å². The molecule has 1 aliphatic rings. The third kappa shape index (κ3) is 3.21. The lowest BCUT2D eigenvalue weighted by molar-refractivity contribution is -0.385. The second kappa shape index (κ2) is 6.21. The molecule has 1 fully saturated rings. The fourth-order valence-electron chi connectivity index (χ4n) is 2.81. The summed E-state index contributed by atoms with van der Waals surface area (Å²) in [6.45, 7) is 2.14. The van der Waals surface area contributed by atoms with Gasteiger partial charge in [-0.15, -0.1) is 0 Å². The van der Waals surface area contributed by atoms with Gasteiger partial charge in [0.05, 0.1) is 11.5 Å². The topological polar surface area (TPSA) is 113 Å². The molecule has 8 heteroatoms. The van der Waals surface area contributed by atoms with Crippen LogP contribution in [0.1, 0.15) is 31.4 Å². The molecule has 1 aliphatic carbocycles. The molecule has 1 aromatic heterocycles. The molecule has 0 aliphatic heterocycles. The molecule has 2 rings (SSSR count). The van der Waals surface area contributed by atoms with Crippen LogP contribution in [-0.4, -0.2) is 40.2 Å². The van der Waals surface area contributed by atoms with Gasteiger partial charge in [0.2, 0.25) is 11.8 Å². The Balaban J connectivity index is 2.25. The number of nitrogens with one attached hydrogen (secondary N) is 2. The minimum absolute atomic E-state index is 0.0801. The molecule has 116 valence electrons. The molecule has 0 saturated heterocycles. The minimum atomic E-state index is -0.475. The van der Waals surface area contributed by atoms with Gasteiger partial charge >= 0.3 is 5.69 Å². The lowest BCUT2D eigenvalue weighted by Crippen LogP contribution is -2.31. The first-order chi connectivity index (χ1) is 10.0. The molecule has 0 amide bonds. The molecule has 0 radical (unpaired) electrons. The van der Waals surface area contributed by atoms with E-state index in [-0.39, 0.29) is 23.5 Å². The van der Waals surface area contributed by atoms with Crippen molar-refractivity contribution in [3.8, 4) is 0 Å². The highest BCUT2D eigenvalue weighted by atomic mass is 16.6. The number of aromatic nitrogens is 2. The van der Waals surface area contributed by atoms with Crippen LogP contribution in [0.4, 0.5) is 17.5 Å². The molecule has 0 unspecified atom stereocenters. The van der Waals surface area contributed by atoms with Crippen LogP contribution in [0.3, 0.4) is 0 Å². The van der Waals surface area contributed by atoms with Crippen LogP contribution in [0.2, 0.25) is 0 Å². The average molecular weight is 295 g/mol. The smallest absolute Gasteiger partial charge is 0.332 e. The summed E-state index contributed by atoms with van der Waals surface area (Å²) in [5.74, 6) is 0.543. The monoisotopic (exact) mass is 295 g/mol. The number of aliphatic hydroxyl groups is 1. The maximum atomic E-state index is 11.2. The van der Waals surface area contributed by atoms with Crippen LogP contribution in [0, 0.1) is 22.5 Å². The molecule has 21 heavy (non-hydrogen) atoms. The third-order valence-corrected chi connectivity index (χ3v) is 4.09. The number of nitrogens with zero attached hydrogens (tertiary/aromatic N) is 3. The van der Waals surface area contributed by atoms with E-state index in [1.54, 1.807) is 14.0 Å². The first-order valence-corrected chi connectivity index (χ1v) is 7.07. The van der Waals surface area contributed by atoms with E-state index in [1.165, 1.54) is 0 Å². The van der Waals surface area contributed by atoms with Crippen molar-refractivity contribution in [2.24, 2.45) is 5.41 Å². The highest BCUT2D eigenvalue weighted by Gasteiger charge is 2.34. The first-order valence-electron chi connectivity index (χ1n) is 7.07. The van der Waals surface area contributed by atoms with Gasteiger partial charge in [-0.2, -0.15) is 4.98 Å². The van der Waals surface area contributed by atoms with E-state index in [1.807, 2.05) is 0 Å². The van der Waals surface area contributed by atoms with Gasteiger partial charge in [0, 0.05) is 19.0 Å². The van der Waals surface area contributed by atoms with Gasteiger partial charge in [-0.1, -0.05) is 12.8 Å². The predicted octanol–water partition coefficient (Wildman–Crippen LogP) is 1.70. The predicted molar refractivity (Wildman–Crippen MR) is 79.4 cm³/mol. The summed E-state index contributed by atoms with van der Waals surface area (Å²) in [7, 11) is 1.66. The Morgan fingerprint density at radius 2 is 2.05 bits per heavy atom. The van der Waals surface area contributed by atoms with E-state index in [9.17, 15) is 15.2 Å². The maximum Gasteiger partial charge on any atom is 0.332 e. The Labute approximate surface area is 123 Å². The second-order valence-corrected chi connectivity index (χ2v) is 5.56. The lowest BCUT2D eigenvalue weighted by Gasteiger charge is -2.26. The molecule has 0 atom stereocenters. The Kier molecular flexibility index (Phi) is 4.56. The largest absolute Gasteiger partial charge is 0.396 e. The van der Waals surface area contributed by atoms with Gasteiger partial charge in [0.1, 0.15) is 5.69 Å². The van der Waals surface area contributed by atoms with Gasteiger partial charge in [-0.3, -0.25) is 10.1 Å². The van der Waals surface area contributed by atoms with Crippen molar-refractivity contribution in [3.63, 3.8) is 0 Å². The van der Waals surface area contributed by atoms with Crippen molar-refractivity contribution in [2.75, 3.05) is 30.8 Å².